The van der Waals surface area contributed by atoms with Gasteiger partial charge in [0, 0.05) is 6.07 Å². The molecule has 0 amide bonds. The van der Waals surface area contributed by atoms with Crippen LogP contribution in [0.2, 0.25) is 0 Å². The quantitative estimate of drug-likeness (QED) is 0.270. The van der Waals surface area contributed by atoms with Gasteiger partial charge in [0.1, 0.15) is 5.69 Å². The minimum atomic E-state index is -4.07. The molecule has 0 unspecified atom stereocenters. The maximum absolute atomic E-state index is 11.2. The second-order valence-corrected chi connectivity index (χ2v) is 6.16. The first-order valence-electron chi connectivity index (χ1n) is 6.31. The summed E-state index contributed by atoms with van der Waals surface area (Å²) in [5, 5.41) is 38.3. The summed E-state index contributed by atoms with van der Waals surface area (Å²) in [6.45, 7) is 0. The average molecular weight is 352 g/mol. The first-order chi connectivity index (χ1) is 11.2. The molecule has 2 aromatic rings. The van der Waals surface area contributed by atoms with Crippen LogP contribution in [0.4, 0.5) is 11.4 Å². The molecule has 0 saturated heterocycles. The lowest BCUT2D eigenvalue weighted by atomic mass is 10.2. The first kappa shape index (κ1) is 17.2. The molecule has 10 nitrogen and oxygen atoms in total. The zero-order chi connectivity index (χ0) is 17.9. The summed E-state index contributed by atoms with van der Waals surface area (Å²) < 4.78 is 22.5. The van der Waals surface area contributed by atoms with Gasteiger partial charge in [0.05, 0.1) is 16.0 Å². The molecule has 0 bridgehead atoms. The number of phenols is 2. The first-order valence-corrected chi connectivity index (χ1v) is 7.85. The monoisotopic (exact) mass is 352 g/mol. The van der Waals surface area contributed by atoms with Crippen LogP contribution in [-0.4, -0.2) is 29.8 Å². The highest BCUT2D eigenvalue weighted by Crippen LogP contribution is 2.27. The van der Waals surface area contributed by atoms with Crippen LogP contribution in [0.1, 0.15) is 5.56 Å². The van der Waals surface area contributed by atoms with Crippen LogP contribution in [0, 0.1) is 10.1 Å². The van der Waals surface area contributed by atoms with Crippen molar-refractivity contribution >= 4 is 27.6 Å². The topological polar surface area (TPSA) is 168 Å². The predicted octanol–water partition coefficient (Wildman–Crippen LogP) is 1.10. The summed E-state index contributed by atoms with van der Waals surface area (Å²) in [5.41, 5.74) is 2.25. The maximum atomic E-state index is 11.2. The van der Waals surface area contributed by atoms with Gasteiger partial charge in [-0.2, -0.15) is 5.10 Å². The van der Waals surface area contributed by atoms with Crippen LogP contribution in [0.15, 0.2) is 46.4 Å². The Morgan fingerprint density at radius 2 is 1.88 bits per heavy atom. The van der Waals surface area contributed by atoms with Crippen molar-refractivity contribution in [2.45, 2.75) is 4.90 Å². The van der Waals surface area contributed by atoms with E-state index >= 15 is 0 Å². The summed E-state index contributed by atoms with van der Waals surface area (Å²) in [6.07, 6.45) is 1.25. The molecule has 126 valence electrons. The van der Waals surface area contributed by atoms with Crippen LogP contribution in [-0.2, 0) is 10.0 Å². The van der Waals surface area contributed by atoms with Crippen molar-refractivity contribution in [1.29, 1.82) is 0 Å². The van der Waals surface area contributed by atoms with Crippen molar-refractivity contribution < 1.29 is 23.6 Å². The molecule has 0 aliphatic rings. The van der Waals surface area contributed by atoms with Gasteiger partial charge >= 0.3 is 0 Å². The molecule has 5 N–H and O–H groups in total. The average Bonchev–Trinajstić information content (AvgIpc) is 2.50. The van der Waals surface area contributed by atoms with E-state index in [2.05, 4.69) is 10.5 Å². The number of hydrogen-bond acceptors (Lipinski definition) is 8. The molecular weight excluding hydrogens is 340 g/mol. The van der Waals surface area contributed by atoms with Gasteiger partial charge in [-0.1, -0.05) is 0 Å². The third-order valence-corrected chi connectivity index (χ3v) is 3.80. The third kappa shape index (κ3) is 3.97. The summed E-state index contributed by atoms with van der Waals surface area (Å²) >= 11 is 0. The van der Waals surface area contributed by atoms with Crippen LogP contribution < -0.4 is 10.6 Å². The van der Waals surface area contributed by atoms with Gasteiger partial charge in [-0.05, 0) is 35.9 Å². The van der Waals surface area contributed by atoms with Crippen molar-refractivity contribution in [3.05, 3.63) is 52.1 Å². The van der Waals surface area contributed by atoms with E-state index in [1.807, 2.05) is 0 Å². The number of nitrogens with zero attached hydrogens (tertiary/aromatic N) is 2. The Labute approximate surface area is 136 Å². The molecule has 2 rings (SSSR count). The molecule has 0 heterocycles. The number of benzene rings is 2. The molecule has 24 heavy (non-hydrogen) atoms. The number of hydrogen-bond donors (Lipinski definition) is 4. The molecule has 0 aliphatic heterocycles. The van der Waals surface area contributed by atoms with Crippen molar-refractivity contribution in [3.63, 3.8) is 0 Å². The van der Waals surface area contributed by atoms with E-state index < -0.39 is 25.5 Å². The Morgan fingerprint density at radius 3 is 2.46 bits per heavy atom. The summed E-state index contributed by atoms with van der Waals surface area (Å²) in [7, 11) is -4.07. The molecule has 0 atom stereocenters. The number of phenolic OH excluding ortho intramolecular Hbond substituents is 2. The summed E-state index contributed by atoms with van der Waals surface area (Å²) in [5.74, 6) is -0.642. The lowest BCUT2D eigenvalue weighted by Crippen LogP contribution is -2.12. The summed E-state index contributed by atoms with van der Waals surface area (Å²) in [4.78, 5) is 9.86. The Morgan fingerprint density at radius 1 is 1.17 bits per heavy atom. The van der Waals surface area contributed by atoms with Crippen LogP contribution >= 0.6 is 0 Å². The van der Waals surface area contributed by atoms with Crippen LogP contribution in [0.5, 0.6) is 11.5 Å². The predicted molar refractivity (Wildman–Crippen MR) is 85.5 cm³/mol. The van der Waals surface area contributed by atoms with E-state index in [1.54, 1.807) is 0 Å². The van der Waals surface area contributed by atoms with Gasteiger partial charge in [0.25, 0.3) is 5.69 Å². The minimum Gasteiger partial charge on any atom is -0.504 e. The molecule has 2 aromatic carbocycles. The lowest BCUT2D eigenvalue weighted by Gasteiger charge is -2.04. The highest BCUT2D eigenvalue weighted by Gasteiger charge is 2.18. The standard InChI is InChI=1S/C13H12N4O6S/c14-24(22,23)9-2-3-10(11(6-9)17(20)21)16-15-7-8-1-4-12(18)13(19)5-8/h1-7,16,18-19H,(H2,14,22,23). The number of rotatable bonds is 5. The number of nitrogens with two attached hydrogens (primary N) is 1. The number of anilines is 1. The largest absolute Gasteiger partial charge is 0.504 e. The second kappa shape index (κ2) is 6.52. The van der Waals surface area contributed by atoms with Gasteiger partial charge in [0.15, 0.2) is 11.5 Å². The number of sulfonamides is 1. The van der Waals surface area contributed by atoms with E-state index in [9.17, 15) is 28.7 Å². The van der Waals surface area contributed by atoms with Gasteiger partial charge in [0.2, 0.25) is 10.0 Å². The second-order valence-electron chi connectivity index (χ2n) is 4.60. The normalized spacial score (nSPS) is 11.5. The van der Waals surface area contributed by atoms with Crippen molar-refractivity contribution in [2.75, 3.05) is 5.43 Å². The fourth-order valence-electron chi connectivity index (χ4n) is 1.73. The number of primary sulfonamides is 1. The van der Waals surface area contributed by atoms with Crippen molar-refractivity contribution in [2.24, 2.45) is 10.2 Å². The molecule has 0 fully saturated rings. The van der Waals surface area contributed by atoms with E-state index in [0.29, 0.717) is 5.56 Å². The van der Waals surface area contributed by atoms with Gasteiger partial charge in [-0.3, -0.25) is 15.5 Å². The molecule has 11 heteroatoms. The molecular formula is C13H12N4O6S. The number of aromatic hydroxyl groups is 2. The van der Waals surface area contributed by atoms with E-state index in [1.165, 1.54) is 24.4 Å². The highest BCUT2D eigenvalue weighted by atomic mass is 32.2. The lowest BCUT2D eigenvalue weighted by molar-refractivity contribution is -0.384. The van der Waals surface area contributed by atoms with Gasteiger partial charge in [-0.15, -0.1) is 0 Å². The smallest absolute Gasteiger partial charge is 0.295 e. The maximum Gasteiger partial charge on any atom is 0.295 e. The van der Waals surface area contributed by atoms with E-state index in [-0.39, 0.29) is 17.2 Å². The van der Waals surface area contributed by atoms with Crippen LogP contribution in [0.3, 0.4) is 0 Å². The third-order valence-electron chi connectivity index (χ3n) is 2.89. The van der Waals surface area contributed by atoms with E-state index in [4.69, 9.17) is 5.14 Å². The highest BCUT2D eigenvalue weighted by molar-refractivity contribution is 7.89. The van der Waals surface area contributed by atoms with Crippen molar-refractivity contribution in [1.82, 2.24) is 0 Å². The molecule has 0 radical (unpaired) electrons. The molecule has 0 spiro atoms. The number of nitrogens with one attached hydrogen (secondary N) is 1. The number of nitro benzene ring substituents is 1. The fourth-order valence-corrected chi connectivity index (χ4v) is 2.26. The SMILES string of the molecule is NS(=O)(=O)c1ccc(NN=Cc2ccc(O)c(O)c2)c([N+](=O)[O-])c1. The van der Waals surface area contributed by atoms with E-state index in [0.717, 1.165) is 18.2 Å². The van der Waals surface area contributed by atoms with Crippen molar-refractivity contribution in [3.8, 4) is 11.5 Å². The van der Waals surface area contributed by atoms with Gasteiger partial charge in [-0.25, -0.2) is 13.6 Å². The van der Waals surface area contributed by atoms with Crippen LogP contribution in [0.25, 0.3) is 0 Å². The number of nitro groups is 1. The Hall–Kier alpha value is -3.18. The Balaban J connectivity index is 2.27. The summed E-state index contributed by atoms with van der Waals surface area (Å²) in [6, 6.07) is 7.02. The fraction of sp³-hybridized carbons (Fsp3) is 0. The Bertz CT molecular complexity index is 926. The Kier molecular flexibility index (Phi) is 4.66. The number of hydrazone groups is 1. The van der Waals surface area contributed by atoms with Gasteiger partial charge < -0.3 is 10.2 Å². The minimum absolute atomic E-state index is 0.0494. The molecule has 0 aromatic heterocycles. The molecule has 0 saturated carbocycles. The zero-order valence-electron chi connectivity index (χ0n) is 11.9. The molecule has 0 aliphatic carbocycles. The zero-order valence-corrected chi connectivity index (χ0v) is 12.8.